The maximum Gasteiger partial charge on any atom is 0.0206 e. The molecule has 3 fully saturated rings. The Labute approximate surface area is 93.4 Å². The fourth-order valence-corrected chi connectivity index (χ4v) is 3.87. The lowest BCUT2D eigenvalue weighted by atomic mass is 9.73. The normalized spacial score (nSPS) is 34.2. The summed E-state index contributed by atoms with van der Waals surface area (Å²) in [6.07, 6.45) is 8.71. The molecule has 86 valence electrons. The molecule has 0 aromatic carbocycles. The Morgan fingerprint density at radius 1 is 0.933 bits per heavy atom. The van der Waals surface area contributed by atoms with Crippen molar-refractivity contribution in [3.05, 3.63) is 0 Å². The second kappa shape index (κ2) is 3.46. The fraction of sp³-hybridized carbons (Fsp3) is 1.00. The van der Waals surface area contributed by atoms with Crippen LogP contribution in [0.2, 0.25) is 0 Å². The quantitative estimate of drug-likeness (QED) is 0.709. The molecule has 1 aliphatic carbocycles. The Balaban J connectivity index is 1.61. The predicted octanol–water partition coefficient (Wildman–Crippen LogP) is 2.00. The molecule has 0 bridgehead atoms. The van der Waals surface area contributed by atoms with Crippen molar-refractivity contribution in [2.45, 2.75) is 51.0 Å². The molecule has 1 N–H and O–H groups in total. The topological polar surface area (TPSA) is 15.3 Å². The van der Waals surface area contributed by atoms with E-state index in [4.69, 9.17) is 0 Å². The Hall–Kier alpha value is -0.0800. The Morgan fingerprint density at radius 2 is 1.53 bits per heavy atom. The van der Waals surface area contributed by atoms with Gasteiger partial charge in [-0.05, 0) is 51.1 Å². The third-order valence-corrected chi connectivity index (χ3v) is 5.16. The molecule has 3 aliphatic rings. The van der Waals surface area contributed by atoms with E-state index in [1.165, 1.54) is 64.7 Å². The highest BCUT2D eigenvalue weighted by Crippen LogP contribution is 2.48. The molecule has 1 saturated carbocycles. The first-order chi connectivity index (χ1) is 7.23. The van der Waals surface area contributed by atoms with Gasteiger partial charge in [-0.3, -0.25) is 4.90 Å². The summed E-state index contributed by atoms with van der Waals surface area (Å²) in [4.78, 5) is 2.78. The van der Waals surface area contributed by atoms with Gasteiger partial charge in [0.15, 0.2) is 0 Å². The molecule has 15 heavy (non-hydrogen) atoms. The number of nitrogens with zero attached hydrogens (tertiary/aromatic N) is 1. The lowest BCUT2D eigenvalue weighted by Crippen LogP contribution is -2.65. The SMILES string of the molecule is CC1(N2CC3(CCCC3)C2)CCNCC1. The molecular weight excluding hydrogens is 184 g/mol. The van der Waals surface area contributed by atoms with Gasteiger partial charge in [-0.15, -0.1) is 0 Å². The van der Waals surface area contributed by atoms with Crippen LogP contribution in [0.5, 0.6) is 0 Å². The van der Waals surface area contributed by atoms with E-state index in [0.717, 1.165) is 5.41 Å². The molecule has 0 atom stereocenters. The summed E-state index contributed by atoms with van der Waals surface area (Å²) in [5.74, 6) is 0. The molecule has 2 saturated heterocycles. The Bertz CT molecular complexity index is 229. The lowest BCUT2D eigenvalue weighted by molar-refractivity contribution is -0.0797. The average Bonchev–Trinajstić information content (AvgIpc) is 2.65. The van der Waals surface area contributed by atoms with Gasteiger partial charge in [-0.25, -0.2) is 0 Å². The Morgan fingerprint density at radius 3 is 2.13 bits per heavy atom. The highest BCUT2D eigenvalue weighted by atomic mass is 15.3. The van der Waals surface area contributed by atoms with Gasteiger partial charge in [0.25, 0.3) is 0 Å². The summed E-state index contributed by atoms with van der Waals surface area (Å²) in [5.41, 5.74) is 1.30. The predicted molar refractivity (Wildman–Crippen MR) is 63.0 cm³/mol. The van der Waals surface area contributed by atoms with Crippen LogP contribution in [0.3, 0.4) is 0 Å². The second-order valence-corrected chi connectivity index (χ2v) is 6.31. The van der Waals surface area contributed by atoms with Crippen molar-refractivity contribution in [2.24, 2.45) is 5.41 Å². The standard InChI is InChI=1S/C13H24N2/c1-12(6-8-14-9-7-12)15-10-13(11-15)4-2-3-5-13/h14H,2-11H2,1H3. The van der Waals surface area contributed by atoms with Crippen LogP contribution < -0.4 is 5.32 Å². The van der Waals surface area contributed by atoms with E-state index in [1.54, 1.807) is 0 Å². The van der Waals surface area contributed by atoms with Gasteiger partial charge in [0.1, 0.15) is 0 Å². The second-order valence-electron chi connectivity index (χ2n) is 6.31. The summed E-state index contributed by atoms with van der Waals surface area (Å²) < 4.78 is 0. The maximum atomic E-state index is 3.48. The van der Waals surface area contributed by atoms with E-state index in [0.29, 0.717) is 5.54 Å². The molecule has 2 heterocycles. The minimum atomic E-state index is 0.527. The number of hydrogen-bond acceptors (Lipinski definition) is 2. The van der Waals surface area contributed by atoms with Crippen molar-refractivity contribution in [1.82, 2.24) is 10.2 Å². The summed E-state index contributed by atoms with van der Waals surface area (Å²) in [6, 6.07) is 0. The molecule has 0 amide bonds. The van der Waals surface area contributed by atoms with Gasteiger partial charge in [0, 0.05) is 18.6 Å². The minimum Gasteiger partial charge on any atom is -0.317 e. The summed E-state index contributed by atoms with van der Waals surface area (Å²) >= 11 is 0. The van der Waals surface area contributed by atoms with Crippen molar-refractivity contribution < 1.29 is 0 Å². The summed E-state index contributed by atoms with van der Waals surface area (Å²) in [6.45, 7) is 7.74. The average molecular weight is 208 g/mol. The van der Waals surface area contributed by atoms with Gasteiger partial charge >= 0.3 is 0 Å². The number of hydrogen-bond donors (Lipinski definition) is 1. The highest BCUT2D eigenvalue weighted by molar-refractivity contribution is 5.05. The highest BCUT2D eigenvalue weighted by Gasteiger charge is 2.50. The number of rotatable bonds is 1. The van der Waals surface area contributed by atoms with Crippen molar-refractivity contribution in [3.63, 3.8) is 0 Å². The van der Waals surface area contributed by atoms with Crippen LogP contribution in [-0.4, -0.2) is 36.6 Å². The van der Waals surface area contributed by atoms with Crippen LogP contribution in [0.15, 0.2) is 0 Å². The molecular formula is C13H24N2. The molecule has 2 aliphatic heterocycles. The van der Waals surface area contributed by atoms with Gasteiger partial charge in [0.2, 0.25) is 0 Å². The van der Waals surface area contributed by atoms with Crippen molar-refractivity contribution in [1.29, 1.82) is 0 Å². The van der Waals surface area contributed by atoms with E-state index in [1.807, 2.05) is 0 Å². The zero-order valence-corrected chi connectivity index (χ0v) is 10.0. The molecule has 0 aromatic heterocycles. The minimum absolute atomic E-state index is 0.527. The van der Waals surface area contributed by atoms with Crippen molar-refractivity contribution in [3.8, 4) is 0 Å². The van der Waals surface area contributed by atoms with Crippen LogP contribution in [0.25, 0.3) is 0 Å². The smallest absolute Gasteiger partial charge is 0.0206 e. The zero-order valence-electron chi connectivity index (χ0n) is 10.0. The van der Waals surface area contributed by atoms with Crippen LogP contribution in [0, 0.1) is 5.41 Å². The number of nitrogens with one attached hydrogen (secondary N) is 1. The number of likely N-dealkylation sites (tertiary alicyclic amines) is 1. The van der Waals surface area contributed by atoms with Gasteiger partial charge in [-0.1, -0.05) is 12.8 Å². The molecule has 0 aromatic rings. The van der Waals surface area contributed by atoms with Crippen LogP contribution in [0.4, 0.5) is 0 Å². The fourth-order valence-electron chi connectivity index (χ4n) is 3.87. The van der Waals surface area contributed by atoms with Gasteiger partial charge < -0.3 is 5.32 Å². The third-order valence-electron chi connectivity index (χ3n) is 5.16. The van der Waals surface area contributed by atoms with Gasteiger partial charge in [0.05, 0.1) is 0 Å². The summed E-state index contributed by atoms with van der Waals surface area (Å²) in [5, 5.41) is 3.48. The van der Waals surface area contributed by atoms with Gasteiger partial charge in [-0.2, -0.15) is 0 Å². The number of piperidine rings is 1. The van der Waals surface area contributed by atoms with Crippen LogP contribution in [0.1, 0.15) is 45.4 Å². The van der Waals surface area contributed by atoms with E-state index in [2.05, 4.69) is 17.1 Å². The molecule has 0 radical (unpaired) electrons. The van der Waals surface area contributed by atoms with E-state index in [9.17, 15) is 0 Å². The first kappa shape index (κ1) is 10.1. The summed E-state index contributed by atoms with van der Waals surface area (Å²) in [7, 11) is 0. The van der Waals surface area contributed by atoms with Crippen LogP contribution in [-0.2, 0) is 0 Å². The van der Waals surface area contributed by atoms with Crippen LogP contribution >= 0.6 is 0 Å². The molecule has 1 spiro atoms. The third kappa shape index (κ3) is 1.62. The maximum absolute atomic E-state index is 3.48. The van der Waals surface area contributed by atoms with Crippen molar-refractivity contribution in [2.75, 3.05) is 26.2 Å². The molecule has 2 nitrogen and oxygen atoms in total. The molecule has 0 unspecified atom stereocenters. The first-order valence-corrected chi connectivity index (χ1v) is 6.68. The lowest BCUT2D eigenvalue weighted by Gasteiger charge is -2.58. The molecule has 3 rings (SSSR count). The molecule has 2 heteroatoms. The van der Waals surface area contributed by atoms with E-state index >= 15 is 0 Å². The van der Waals surface area contributed by atoms with E-state index in [-0.39, 0.29) is 0 Å². The monoisotopic (exact) mass is 208 g/mol. The van der Waals surface area contributed by atoms with Crippen molar-refractivity contribution >= 4 is 0 Å². The van der Waals surface area contributed by atoms with E-state index < -0.39 is 0 Å². The largest absolute Gasteiger partial charge is 0.317 e. The first-order valence-electron chi connectivity index (χ1n) is 6.68. The zero-order chi connectivity index (χ0) is 10.4. The Kier molecular flexibility index (Phi) is 2.33.